The highest BCUT2D eigenvalue weighted by Gasteiger charge is 2.08. The lowest BCUT2D eigenvalue weighted by molar-refractivity contribution is 0.885. The maximum Gasteiger partial charge on any atom is 0.0595 e. The van der Waals surface area contributed by atoms with Gasteiger partial charge in [0.2, 0.25) is 0 Å². The predicted octanol–water partition coefficient (Wildman–Crippen LogP) is 6.32. The van der Waals surface area contributed by atoms with Crippen LogP contribution in [0.1, 0.15) is 18.5 Å². The molecule has 1 atom stereocenters. The molecule has 3 aromatic carbocycles. The van der Waals surface area contributed by atoms with Gasteiger partial charge in [0.15, 0.2) is 0 Å². The van der Waals surface area contributed by atoms with Crippen molar-refractivity contribution in [2.24, 2.45) is 0 Å². The van der Waals surface area contributed by atoms with Crippen molar-refractivity contribution in [2.45, 2.75) is 13.0 Å². The van der Waals surface area contributed by atoms with E-state index in [9.17, 15) is 0 Å². The Labute approximate surface area is 134 Å². The first-order valence-corrected chi connectivity index (χ1v) is 7.59. The number of anilines is 1. The standard InChI is InChI=1S/C18H15Cl2N/c1-12(14-7-9-17(19)18(20)11-14)21-16-8-6-13-4-2-3-5-15(13)10-16/h2-12,21H,1H3. The molecule has 0 aliphatic heterocycles. The molecule has 0 radical (unpaired) electrons. The Morgan fingerprint density at radius 3 is 2.33 bits per heavy atom. The van der Waals surface area contributed by atoms with Crippen LogP contribution >= 0.6 is 23.2 Å². The van der Waals surface area contributed by atoms with Crippen molar-refractivity contribution >= 4 is 39.7 Å². The van der Waals surface area contributed by atoms with Gasteiger partial charge in [-0.05, 0) is 47.5 Å². The van der Waals surface area contributed by atoms with Crippen molar-refractivity contribution in [1.29, 1.82) is 0 Å². The first-order chi connectivity index (χ1) is 10.1. The van der Waals surface area contributed by atoms with E-state index in [4.69, 9.17) is 23.2 Å². The van der Waals surface area contributed by atoms with Gasteiger partial charge in [0.1, 0.15) is 0 Å². The van der Waals surface area contributed by atoms with Gasteiger partial charge < -0.3 is 5.32 Å². The number of halogens is 2. The average molecular weight is 316 g/mol. The Hall–Kier alpha value is -1.70. The number of hydrogen-bond acceptors (Lipinski definition) is 1. The fourth-order valence-corrected chi connectivity index (χ4v) is 2.70. The fourth-order valence-electron chi connectivity index (χ4n) is 2.39. The van der Waals surface area contributed by atoms with E-state index in [0.29, 0.717) is 10.0 Å². The Kier molecular flexibility index (Phi) is 4.05. The normalized spacial score (nSPS) is 12.3. The fraction of sp³-hybridized carbons (Fsp3) is 0.111. The Balaban J connectivity index is 1.85. The van der Waals surface area contributed by atoms with E-state index in [1.165, 1.54) is 10.8 Å². The van der Waals surface area contributed by atoms with Crippen LogP contribution in [-0.4, -0.2) is 0 Å². The molecule has 0 fully saturated rings. The zero-order valence-corrected chi connectivity index (χ0v) is 13.1. The van der Waals surface area contributed by atoms with Crippen molar-refractivity contribution in [3.05, 3.63) is 76.3 Å². The number of benzene rings is 3. The third-order valence-electron chi connectivity index (χ3n) is 3.58. The third kappa shape index (κ3) is 3.15. The summed E-state index contributed by atoms with van der Waals surface area (Å²) in [4.78, 5) is 0. The maximum absolute atomic E-state index is 6.08. The molecule has 3 rings (SSSR count). The summed E-state index contributed by atoms with van der Waals surface area (Å²) in [7, 11) is 0. The van der Waals surface area contributed by atoms with Crippen LogP contribution in [0.2, 0.25) is 10.0 Å². The molecular weight excluding hydrogens is 301 g/mol. The first-order valence-electron chi connectivity index (χ1n) is 6.84. The average Bonchev–Trinajstić information content (AvgIpc) is 2.50. The van der Waals surface area contributed by atoms with Crippen molar-refractivity contribution in [3.63, 3.8) is 0 Å². The van der Waals surface area contributed by atoms with Crippen LogP contribution in [0, 0.1) is 0 Å². The van der Waals surface area contributed by atoms with Crippen molar-refractivity contribution in [2.75, 3.05) is 5.32 Å². The molecule has 3 aromatic rings. The summed E-state index contributed by atoms with van der Waals surface area (Å²) in [5.41, 5.74) is 2.20. The largest absolute Gasteiger partial charge is 0.379 e. The summed E-state index contributed by atoms with van der Waals surface area (Å²) in [6.07, 6.45) is 0. The highest BCUT2D eigenvalue weighted by molar-refractivity contribution is 6.42. The van der Waals surface area contributed by atoms with Gasteiger partial charge in [-0.15, -0.1) is 0 Å². The van der Waals surface area contributed by atoms with Crippen molar-refractivity contribution < 1.29 is 0 Å². The van der Waals surface area contributed by atoms with Crippen LogP contribution in [0.5, 0.6) is 0 Å². The van der Waals surface area contributed by atoms with Crippen LogP contribution in [0.15, 0.2) is 60.7 Å². The number of fused-ring (bicyclic) bond motifs is 1. The zero-order chi connectivity index (χ0) is 14.8. The van der Waals surface area contributed by atoms with Gasteiger partial charge in [-0.2, -0.15) is 0 Å². The summed E-state index contributed by atoms with van der Waals surface area (Å²) < 4.78 is 0. The second-order valence-electron chi connectivity index (χ2n) is 5.10. The Bertz CT molecular complexity index is 783. The molecule has 0 aromatic heterocycles. The quantitative estimate of drug-likeness (QED) is 0.596. The van der Waals surface area contributed by atoms with Gasteiger partial charge in [0.05, 0.1) is 10.0 Å². The summed E-state index contributed by atoms with van der Waals surface area (Å²) >= 11 is 12.0. The molecule has 1 N–H and O–H groups in total. The molecule has 0 aliphatic carbocycles. The van der Waals surface area contributed by atoms with Crippen LogP contribution < -0.4 is 5.32 Å². The third-order valence-corrected chi connectivity index (χ3v) is 4.32. The van der Waals surface area contributed by atoms with Crippen molar-refractivity contribution in [1.82, 2.24) is 0 Å². The predicted molar refractivity (Wildman–Crippen MR) is 92.4 cm³/mol. The second-order valence-corrected chi connectivity index (χ2v) is 5.92. The number of nitrogens with one attached hydrogen (secondary N) is 1. The van der Waals surface area contributed by atoms with Gasteiger partial charge >= 0.3 is 0 Å². The molecule has 21 heavy (non-hydrogen) atoms. The summed E-state index contributed by atoms with van der Waals surface area (Å²) in [6, 6.07) is 20.6. The minimum atomic E-state index is 0.154. The highest BCUT2D eigenvalue weighted by atomic mass is 35.5. The van der Waals surface area contributed by atoms with Crippen LogP contribution in [0.3, 0.4) is 0 Å². The summed E-state index contributed by atoms with van der Waals surface area (Å²) in [6.45, 7) is 2.11. The van der Waals surface area contributed by atoms with Gasteiger partial charge in [-0.1, -0.05) is 59.6 Å². The lowest BCUT2D eigenvalue weighted by Gasteiger charge is -2.17. The molecule has 1 unspecified atom stereocenters. The molecule has 0 spiro atoms. The molecule has 0 heterocycles. The minimum absolute atomic E-state index is 0.154. The minimum Gasteiger partial charge on any atom is -0.379 e. The molecule has 0 saturated heterocycles. The van der Waals surface area contributed by atoms with E-state index >= 15 is 0 Å². The van der Waals surface area contributed by atoms with E-state index < -0.39 is 0 Å². The first kappa shape index (κ1) is 14.2. The van der Waals surface area contributed by atoms with Crippen LogP contribution in [0.25, 0.3) is 10.8 Å². The highest BCUT2D eigenvalue weighted by Crippen LogP contribution is 2.28. The zero-order valence-electron chi connectivity index (χ0n) is 11.6. The van der Waals surface area contributed by atoms with Gasteiger partial charge in [0, 0.05) is 11.7 Å². The summed E-state index contributed by atoms with van der Waals surface area (Å²) in [5.74, 6) is 0. The van der Waals surface area contributed by atoms with E-state index in [1.807, 2.05) is 24.3 Å². The van der Waals surface area contributed by atoms with E-state index in [2.05, 4.69) is 48.6 Å². The SMILES string of the molecule is CC(Nc1ccc2ccccc2c1)c1ccc(Cl)c(Cl)c1. The Morgan fingerprint density at radius 1 is 0.810 bits per heavy atom. The molecule has 3 heteroatoms. The Morgan fingerprint density at radius 2 is 1.57 bits per heavy atom. The molecule has 106 valence electrons. The van der Waals surface area contributed by atoms with Gasteiger partial charge in [-0.25, -0.2) is 0 Å². The molecule has 0 bridgehead atoms. The molecule has 0 aliphatic rings. The van der Waals surface area contributed by atoms with E-state index in [0.717, 1.165) is 11.3 Å². The number of rotatable bonds is 3. The second kappa shape index (κ2) is 5.97. The van der Waals surface area contributed by atoms with Gasteiger partial charge in [0.25, 0.3) is 0 Å². The van der Waals surface area contributed by atoms with Crippen LogP contribution in [0.4, 0.5) is 5.69 Å². The van der Waals surface area contributed by atoms with Crippen LogP contribution in [-0.2, 0) is 0 Å². The number of hydrogen-bond donors (Lipinski definition) is 1. The van der Waals surface area contributed by atoms with Crippen molar-refractivity contribution in [3.8, 4) is 0 Å². The molecular formula is C18H15Cl2N. The topological polar surface area (TPSA) is 12.0 Å². The lowest BCUT2D eigenvalue weighted by Crippen LogP contribution is -2.06. The lowest BCUT2D eigenvalue weighted by atomic mass is 10.1. The van der Waals surface area contributed by atoms with Gasteiger partial charge in [-0.3, -0.25) is 0 Å². The summed E-state index contributed by atoms with van der Waals surface area (Å²) in [5, 5.41) is 7.13. The molecule has 0 saturated carbocycles. The smallest absolute Gasteiger partial charge is 0.0595 e. The van der Waals surface area contributed by atoms with E-state index in [1.54, 1.807) is 0 Å². The molecule has 0 amide bonds. The maximum atomic E-state index is 6.08. The van der Waals surface area contributed by atoms with E-state index in [-0.39, 0.29) is 6.04 Å². The monoisotopic (exact) mass is 315 g/mol. The molecule has 1 nitrogen and oxygen atoms in total.